The number of aromatic nitrogens is 2. The van der Waals surface area contributed by atoms with Crippen molar-refractivity contribution in [2.45, 2.75) is 76.0 Å². The van der Waals surface area contributed by atoms with Crippen molar-refractivity contribution in [2.75, 3.05) is 19.5 Å². The van der Waals surface area contributed by atoms with Gasteiger partial charge in [0.05, 0.1) is 11.0 Å². The summed E-state index contributed by atoms with van der Waals surface area (Å²) < 4.78 is 5.17. The van der Waals surface area contributed by atoms with Gasteiger partial charge in [-0.25, -0.2) is 4.98 Å². The molecule has 2 aliphatic carbocycles. The van der Waals surface area contributed by atoms with E-state index >= 15 is 0 Å². The number of rotatable bonds is 6. The monoisotopic (exact) mass is 546 g/mol. The summed E-state index contributed by atoms with van der Waals surface area (Å²) in [4.78, 5) is 45.4. The van der Waals surface area contributed by atoms with Gasteiger partial charge in [0.1, 0.15) is 12.6 Å². The van der Waals surface area contributed by atoms with Gasteiger partial charge in [0.15, 0.2) is 10.8 Å². The fourth-order valence-corrected chi connectivity index (χ4v) is 6.12. The first-order valence-corrected chi connectivity index (χ1v) is 14.6. The summed E-state index contributed by atoms with van der Waals surface area (Å²) in [5.74, 6) is 1.25. The second kappa shape index (κ2) is 12.9. The van der Waals surface area contributed by atoms with E-state index < -0.39 is 0 Å². The van der Waals surface area contributed by atoms with Crippen molar-refractivity contribution >= 4 is 41.0 Å². The number of hydrogen-bond acceptors (Lipinski definition) is 7. The van der Waals surface area contributed by atoms with Gasteiger partial charge in [-0.1, -0.05) is 12.8 Å². The molecular weight excluding hydrogens is 512 g/mol. The number of halogens is 1. The van der Waals surface area contributed by atoms with E-state index in [1.807, 2.05) is 18.5 Å². The number of carbonyl (C=O) groups excluding carboxylic acids is 3. The minimum Gasteiger partial charge on any atom is -0.368 e. The number of nitrogens with one attached hydrogen (secondary N) is 1. The predicted octanol–water partition coefficient (Wildman–Crippen LogP) is 4.43. The first-order chi connectivity index (χ1) is 18.0. The third kappa shape index (κ3) is 6.75. The molecule has 2 aliphatic heterocycles. The molecule has 200 valence electrons. The summed E-state index contributed by atoms with van der Waals surface area (Å²) in [6.07, 6.45) is 14.2. The predicted molar refractivity (Wildman–Crippen MR) is 144 cm³/mol. The molecule has 0 bridgehead atoms. The van der Waals surface area contributed by atoms with Crippen LogP contribution in [0, 0.1) is 5.92 Å². The normalized spacial score (nSPS) is 23.4. The average molecular weight is 547 g/mol. The highest BCUT2D eigenvalue weighted by Crippen LogP contribution is 2.40. The highest BCUT2D eigenvalue weighted by Gasteiger charge is 2.44. The number of fused-ring (bicyclic) bond motifs is 1. The van der Waals surface area contributed by atoms with E-state index in [0.29, 0.717) is 23.4 Å². The van der Waals surface area contributed by atoms with Crippen LogP contribution in [0.5, 0.6) is 0 Å². The number of likely N-dealkylation sites (tertiary alicyclic amines) is 1. The summed E-state index contributed by atoms with van der Waals surface area (Å²) in [5.41, 5.74) is 2.29. The van der Waals surface area contributed by atoms with Gasteiger partial charge in [0, 0.05) is 43.0 Å². The Morgan fingerprint density at radius 3 is 2.68 bits per heavy atom. The van der Waals surface area contributed by atoms with Gasteiger partial charge in [-0.15, -0.1) is 22.9 Å². The molecule has 10 heteroatoms. The molecule has 3 atom stereocenters. The second-order valence-electron chi connectivity index (χ2n) is 9.97. The van der Waals surface area contributed by atoms with Crippen LogP contribution in [0.15, 0.2) is 24.5 Å². The van der Waals surface area contributed by atoms with E-state index in [1.165, 1.54) is 66.8 Å². The maximum absolute atomic E-state index is 12.5. The maximum Gasteiger partial charge on any atom is 0.280 e. The van der Waals surface area contributed by atoms with Gasteiger partial charge in [0.25, 0.3) is 5.91 Å². The van der Waals surface area contributed by atoms with Crippen LogP contribution in [0.1, 0.15) is 73.3 Å². The number of Topliss-reactive ketones (excluding diaryl/α,β-unsaturated/α-hetero) is 1. The van der Waals surface area contributed by atoms with Crippen LogP contribution in [0.4, 0.5) is 0 Å². The van der Waals surface area contributed by atoms with E-state index in [9.17, 15) is 14.4 Å². The Bertz CT molecular complexity index is 1090. The molecule has 2 aromatic rings. The number of ketones is 1. The van der Waals surface area contributed by atoms with Gasteiger partial charge in [-0.3, -0.25) is 19.4 Å². The van der Waals surface area contributed by atoms with Crippen molar-refractivity contribution in [3.63, 3.8) is 0 Å². The molecule has 2 amide bonds. The largest absolute Gasteiger partial charge is 0.368 e. The Labute approximate surface area is 227 Å². The third-order valence-electron chi connectivity index (χ3n) is 7.51. The molecular formula is C27H35ClN4O4S. The number of ether oxygens (including phenoxy) is 1. The Kier molecular flexibility index (Phi) is 9.67. The Hall–Kier alpha value is -2.36. The van der Waals surface area contributed by atoms with Crippen LogP contribution < -0.4 is 5.32 Å². The fraction of sp³-hybridized carbons (Fsp3) is 0.593. The minimum absolute atomic E-state index is 0.0206. The third-order valence-corrected chi connectivity index (χ3v) is 8.56. The zero-order chi connectivity index (χ0) is 26.4. The first kappa shape index (κ1) is 27.7. The van der Waals surface area contributed by atoms with Gasteiger partial charge in [-0.05, 0) is 62.6 Å². The van der Waals surface area contributed by atoms with Crippen LogP contribution in [0.3, 0.4) is 0 Å². The van der Waals surface area contributed by atoms with Crippen molar-refractivity contribution < 1.29 is 19.1 Å². The SMILES string of the molecule is CC(NC(=O)c1ncc(-c2ccnc(C3CC3)c2)s1)C1CCCC1.CCl.O=CN1CC[C@H]2OCC(=O)[C@H]21. The van der Waals surface area contributed by atoms with Crippen LogP contribution in [0.25, 0.3) is 10.4 Å². The Morgan fingerprint density at radius 2 is 1.97 bits per heavy atom. The zero-order valence-electron chi connectivity index (χ0n) is 21.4. The lowest BCUT2D eigenvalue weighted by Gasteiger charge is -2.19. The first-order valence-electron chi connectivity index (χ1n) is 13.0. The molecule has 2 aromatic heterocycles. The molecule has 6 rings (SSSR count). The van der Waals surface area contributed by atoms with Crippen LogP contribution in [-0.2, 0) is 14.3 Å². The number of hydrogen-bond donors (Lipinski definition) is 1. The van der Waals surface area contributed by atoms with Gasteiger partial charge >= 0.3 is 0 Å². The summed E-state index contributed by atoms with van der Waals surface area (Å²) in [5, 5.41) is 3.69. The van der Waals surface area contributed by atoms with Crippen LogP contribution in [-0.4, -0.2) is 70.7 Å². The summed E-state index contributed by atoms with van der Waals surface area (Å²) in [6.45, 7) is 2.96. The molecule has 37 heavy (non-hydrogen) atoms. The molecule has 0 aromatic carbocycles. The zero-order valence-corrected chi connectivity index (χ0v) is 23.0. The molecule has 8 nitrogen and oxygen atoms in total. The van der Waals surface area contributed by atoms with E-state index in [-0.39, 0.29) is 36.5 Å². The molecule has 1 N–H and O–H groups in total. The summed E-state index contributed by atoms with van der Waals surface area (Å²) in [6, 6.07) is 4.11. The van der Waals surface area contributed by atoms with Gasteiger partial charge in [0.2, 0.25) is 6.41 Å². The fourth-order valence-electron chi connectivity index (χ4n) is 5.31. The number of carbonyl (C=O) groups is 3. The number of pyridine rings is 1. The smallest absolute Gasteiger partial charge is 0.280 e. The molecule has 2 saturated heterocycles. The van der Waals surface area contributed by atoms with Gasteiger partial charge in [-0.2, -0.15) is 0 Å². The minimum atomic E-state index is -0.271. The lowest BCUT2D eigenvalue weighted by molar-refractivity contribution is -0.127. The standard InChI is InChI=1S/C19H23N3OS.C7H9NO3.CH3Cl/c1-12(13-4-2-3-5-13)22-18(23)19-21-11-17(24-19)15-8-9-20-16(10-15)14-6-7-14;9-4-8-2-1-6-7(8)5(10)3-11-6;1-2/h8-14H,2-7H2,1H3,(H,22,23);4,6-7H,1-3H2;1H3/t;6-,7-;/m.1./s1. The van der Waals surface area contributed by atoms with Crippen molar-refractivity contribution in [2.24, 2.45) is 5.92 Å². The Morgan fingerprint density at radius 1 is 1.22 bits per heavy atom. The summed E-state index contributed by atoms with van der Waals surface area (Å²) in [7, 11) is 0. The van der Waals surface area contributed by atoms with Gasteiger partial charge < -0.3 is 15.0 Å². The van der Waals surface area contributed by atoms with E-state index in [4.69, 9.17) is 4.74 Å². The van der Waals surface area contributed by atoms with Crippen molar-refractivity contribution in [1.82, 2.24) is 20.2 Å². The summed E-state index contributed by atoms with van der Waals surface area (Å²) >= 11 is 6.11. The molecule has 2 saturated carbocycles. The van der Waals surface area contributed by atoms with Crippen molar-refractivity contribution in [3.8, 4) is 10.4 Å². The lowest BCUT2D eigenvalue weighted by Crippen LogP contribution is -2.37. The number of nitrogens with zero attached hydrogens (tertiary/aromatic N) is 3. The molecule has 4 aliphatic rings. The highest BCUT2D eigenvalue weighted by atomic mass is 35.5. The average Bonchev–Trinajstić information content (AvgIpc) is 3.35. The van der Waals surface area contributed by atoms with Crippen molar-refractivity contribution in [3.05, 3.63) is 35.2 Å². The molecule has 0 spiro atoms. The van der Waals surface area contributed by atoms with Crippen molar-refractivity contribution in [1.29, 1.82) is 0 Å². The molecule has 0 radical (unpaired) electrons. The molecule has 4 heterocycles. The van der Waals surface area contributed by atoms with Crippen LogP contribution >= 0.6 is 22.9 Å². The number of thiazole rings is 1. The van der Waals surface area contributed by atoms with Crippen LogP contribution in [0.2, 0.25) is 0 Å². The van der Waals surface area contributed by atoms with E-state index in [1.54, 1.807) is 0 Å². The number of alkyl halides is 1. The highest BCUT2D eigenvalue weighted by molar-refractivity contribution is 7.17. The Balaban J connectivity index is 0.000000205. The van der Waals surface area contributed by atoms with E-state index in [0.717, 1.165) is 23.3 Å². The molecule has 4 fully saturated rings. The topological polar surface area (TPSA) is 101 Å². The number of amides is 2. The van der Waals surface area contributed by atoms with E-state index in [2.05, 4.69) is 39.9 Å². The molecule has 1 unspecified atom stereocenters. The lowest BCUT2D eigenvalue weighted by atomic mass is 10.00. The quantitative estimate of drug-likeness (QED) is 0.425. The maximum atomic E-state index is 12.5. The second-order valence-corrected chi connectivity index (χ2v) is 11.0.